The second kappa shape index (κ2) is 8.05. The molecule has 2 amide bonds. The van der Waals surface area contributed by atoms with Crippen molar-refractivity contribution >= 4 is 22.5 Å². The number of anilines is 1. The van der Waals surface area contributed by atoms with Crippen LogP contribution in [0.3, 0.4) is 0 Å². The summed E-state index contributed by atoms with van der Waals surface area (Å²) in [5, 5.41) is 26.4. The van der Waals surface area contributed by atoms with Gasteiger partial charge in [-0.2, -0.15) is 0 Å². The van der Waals surface area contributed by atoms with Crippen molar-refractivity contribution < 1.29 is 19.4 Å². The van der Waals surface area contributed by atoms with E-state index in [9.17, 15) is 19.4 Å². The molecule has 0 saturated heterocycles. The Morgan fingerprint density at radius 2 is 2.04 bits per heavy atom. The Kier molecular flexibility index (Phi) is 5.56. The number of phenols is 2. The maximum Gasteiger partial charge on any atom is 0.321 e. The fourth-order valence-electron chi connectivity index (χ4n) is 2.57. The van der Waals surface area contributed by atoms with Gasteiger partial charge in [0.1, 0.15) is 5.82 Å². The Balaban J connectivity index is 1.56. The van der Waals surface area contributed by atoms with Gasteiger partial charge in [0.2, 0.25) is 0 Å². The molecule has 0 aliphatic rings. The number of carbonyl (C=O) groups is 1. The molecule has 0 radical (unpaired) electrons. The Morgan fingerprint density at radius 3 is 2.78 bits per heavy atom. The van der Waals surface area contributed by atoms with E-state index < -0.39 is 6.03 Å². The number of phenolic OH excluding ortho intramolecular Hbond substituents is 2. The number of hydrogen-bond acceptors (Lipinski definition) is 5. The molecule has 0 aliphatic carbocycles. The minimum Gasteiger partial charge on any atom is -0.504 e. The number of nitrogens with zero attached hydrogens (tertiary/aromatic N) is 1. The van der Waals surface area contributed by atoms with Gasteiger partial charge in [-0.15, -0.1) is 11.3 Å². The highest BCUT2D eigenvalue weighted by molar-refractivity contribution is 7.14. The van der Waals surface area contributed by atoms with Crippen LogP contribution in [-0.4, -0.2) is 27.3 Å². The molecule has 1 heterocycles. The lowest BCUT2D eigenvalue weighted by Gasteiger charge is -2.14. The van der Waals surface area contributed by atoms with Crippen molar-refractivity contribution in [2.75, 3.05) is 5.32 Å². The monoisotopic (exact) mass is 387 g/mol. The molecule has 6 nitrogen and oxygen atoms in total. The largest absolute Gasteiger partial charge is 0.504 e. The number of amides is 2. The molecule has 1 unspecified atom stereocenters. The third-order valence-electron chi connectivity index (χ3n) is 3.80. The smallest absolute Gasteiger partial charge is 0.321 e. The van der Waals surface area contributed by atoms with Crippen LogP contribution in [0.5, 0.6) is 11.5 Å². The minimum absolute atomic E-state index is 0.185. The molecule has 1 aromatic heterocycles. The summed E-state index contributed by atoms with van der Waals surface area (Å²) >= 11 is 1.25. The van der Waals surface area contributed by atoms with Crippen molar-refractivity contribution in [1.29, 1.82) is 0 Å². The van der Waals surface area contributed by atoms with Crippen molar-refractivity contribution in [2.24, 2.45) is 0 Å². The average molecular weight is 387 g/mol. The van der Waals surface area contributed by atoms with E-state index in [1.54, 1.807) is 23.6 Å². The standard InChI is InChI=1S/C19H18FN3O3S/c1-11(7-12-5-6-16(24)17(25)8-12)21-18(26)23-19-22-15(10-27-19)13-3-2-4-14(20)9-13/h2-6,8-11,24-25H,7H2,1H3,(H2,21,22,23,26). The Morgan fingerprint density at radius 1 is 1.22 bits per heavy atom. The average Bonchev–Trinajstić information content (AvgIpc) is 3.06. The van der Waals surface area contributed by atoms with E-state index in [1.165, 1.54) is 35.6 Å². The number of nitrogens with one attached hydrogen (secondary N) is 2. The molecule has 2 aromatic carbocycles. The molecule has 0 saturated carbocycles. The summed E-state index contributed by atoms with van der Waals surface area (Å²) in [6.45, 7) is 1.82. The van der Waals surface area contributed by atoms with Gasteiger partial charge in [-0.25, -0.2) is 14.2 Å². The van der Waals surface area contributed by atoms with Gasteiger partial charge in [0.25, 0.3) is 0 Å². The quantitative estimate of drug-likeness (QED) is 0.496. The number of urea groups is 1. The number of aromatic hydroxyl groups is 2. The van der Waals surface area contributed by atoms with Gasteiger partial charge in [0.05, 0.1) is 5.69 Å². The second-order valence-electron chi connectivity index (χ2n) is 6.07. The predicted molar refractivity (Wildman–Crippen MR) is 103 cm³/mol. The first-order chi connectivity index (χ1) is 12.9. The second-order valence-corrected chi connectivity index (χ2v) is 6.93. The summed E-state index contributed by atoms with van der Waals surface area (Å²) in [4.78, 5) is 16.4. The van der Waals surface area contributed by atoms with E-state index in [2.05, 4.69) is 15.6 Å². The van der Waals surface area contributed by atoms with Crippen LogP contribution in [-0.2, 0) is 6.42 Å². The highest BCUT2D eigenvalue weighted by atomic mass is 32.1. The maximum absolute atomic E-state index is 13.3. The van der Waals surface area contributed by atoms with E-state index in [0.717, 1.165) is 5.56 Å². The van der Waals surface area contributed by atoms with Crippen molar-refractivity contribution in [1.82, 2.24) is 10.3 Å². The van der Waals surface area contributed by atoms with Gasteiger partial charge in [-0.3, -0.25) is 5.32 Å². The zero-order valence-corrected chi connectivity index (χ0v) is 15.3. The molecule has 0 bridgehead atoms. The Bertz CT molecular complexity index is 961. The molecule has 3 rings (SSSR count). The molecule has 27 heavy (non-hydrogen) atoms. The Hall–Kier alpha value is -3.13. The molecule has 0 fully saturated rings. The molecule has 0 aliphatic heterocycles. The summed E-state index contributed by atoms with van der Waals surface area (Å²) in [5.74, 6) is -0.728. The molecule has 8 heteroatoms. The van der Waals surface area contributed by atoms with Crippen LogP contribution in [0.15, 0.2) is 47.8 Å². The third kappa shape index (κ3) is 4.95. The lowest BCUT2D eigenvalue weighted by atomic mass is 10.1. The molecular formula is C19H18FN3O3S. The van der Waals surface area contributed by atoms with Crippen molar-refractivity contribution in [3.63, 3.8) is 0 Å². The van der Waals surface area contributed by atoms with Crippen molar-refractivity contribution in [3.05, 3.63) is 59.2 Å². The van der Waals surface area contributed by atoms with Crippen molar-refractivity contribution in [2.45, 2.75) is 19.4 Å². The third-order valence-corrected chi connectivity index (χ3v) is 4.56. The zero-order valence-electron chi connectivity index (χ0n) is 14.4. The lowest BCUT2D eigenvalue weighted by molar-refractivity contribution is 0.249. The first kappa shape index (κ1) is 18.7. The van der Waals surface area contributed by atoms with Gasteiger partial charge in [0.15, 0.2) is 16.6 Å². The van der Waals surface area contributed by atoms with Gasteiger partial charge in [-0.1, -0.05) is 18.2 Å². The van der Waals surface area contributed by atoms with E-state index in [-0.39, 0.29) is 23.4 Å². The van der Waals surface area contributed by atoms with E-state index in [4.69, 9.17) is 0 Å². The molecule has 1 atom stereocenters. The molecule has 0 spiro atoms. The van der Waals surface area contributed by atoms with Crippen LogP contribution in [0, 0.1) is 5.82 Å². The SMILES string of the molecule is CC(Cc1ccc(O)c(O)c1)NC(=O)Nc1nc(-c2cccc(F)c2)cs1. The van der Waals surface area contributed by atoms with E-state index in [1.807, 2.05) is 6.92 Å². The van der Waals surface area contributed by atoms with Gasteiger partial charge in [0, 0.05) is 17.0 Å². The van der Waals surface area contributed by atoms with E-state index in [0.29, 0.717) is 22.8 Å². The number of rotatable bonds is 5. The fourth-order valence-corrected chi connectivity index (χ4v) is 3.28. The topological polar surface area (TPSA) is 94.5 Å². The highest BCUT2D eigenvalue weighted by Crippen LogP contribution is 2.26. The van der Waals surface area contributed by atoms with Gasteiger partial charge >= 0.3 is 6.03 Å². The summed E-state index contributed by atoms with van der Waals surface area (Å²) in [7, 11) is 0. The summed E-state index contributed by atoms with van der Waals surface area (Å²) in [5.41, 5.74) is 2.00. The first-order valence-corrected chi connectivity index (χ1v) is 9.08. The summed E-state index contributed by atoms with van der Waals surface area (Å²) < 4.78 is 13.3. The van der Waals surface area contributed by atoms with E-state index >= 15 is 0 Å². The normalized spacial score (nSPS) is 11.8. The molecule has 140 valence electrons. The number of aromatic nitrogens is 1. The first-order valence-electron chi connectivity index (χ1n) is 8.20. The van der Waals surface area contributed by atoms with Crippen LogP contribution < -0.4 is 10.6 Å². The number of halogens is 1. The maximum atomic E-state index is 13.3. The minimum atomic E-state index is -0.411. The van der Waals surface area contributed by atoms with Crippen LogP contribution in [0.2, 0.25) is 0 Å². The summed E-state index contributed by atoms with van der Waals surface area (Å²) in [6, 6.07) is 10.0. The fraction of sp³-hybridized carbons (Fsp3) is 0.158. The van der Waals surface area contributed by atoms with Crippen LogP contribution in [0.4, 0.5) is 14.3 Å². The van der Waals surface area contributed by atoms with Crippen LogP contribution in [0.25, 0.3) is 11.3 Å². The lowest BCUT2D eigenvalue weighted by Crippen LogP contribution is -2.37. The zero-order chi connectivity index (χ0) is 19.4. The van der Waals surface area contributed by atoms with Crippen LogP contribution >= 0.6 is 11.3 Å². The van der Waals surface area contributed by atoms with Gasteiger partial charge in [-0.05, 0) is 43.2 Å². The summed E-state index contributed by atoms with van der Waals surface area (Å²) in [6.07, 6.45) is 0.480. The highest BCUT2D eigenvalue weighted by Gasteiger charge is 2.12. The molecule has 4 N–H and O–H groups in total. The number of benzene rings is 2. The predicted octanol–water partition coefficient (Wildman–Crippen LogP) is 4.11. The number of carbonyl (C=O) groups excluding carboxylic acids is 1. The number of hydrogen-bond donors (Lipinski definition) is 4. The Labute approximate surface area is 159 Å². The molecule has 3 aromatic rings. The van der Waals surface area contributed by atoms with Crippen LogP contribution in [0.1, 0.15) is 12.5 Å². The number of thiazole rings is 1. The molecular weight excluding hydrogens is 369 g/mol. The van der Waals surface area contributed by atoms with Gasteiger partial charge < -0.3 is 15.5 Å². The van der Waals surface area contributed by atoms with Crippen molar-refractivity contribution in [3.8, 4) is 22.8 Å².